The molecule has 1 aromatic carbocycles. The molecule has 27 nitrogen and oxygen atoms in total. The van der Waals surface area contributed by atoms with E-state index in [1.807, 2.05) is 0 Å². The van der Waals surface area contributed by atoms with E-state index in [0.717, 1.165) is 17.0 Å². The van der Waals surface area contributed by atoms with E-state index >= 15 is 0 Å². The number of hydrogen-bond donors (Lipinski definition) is 14. The van der Waals surface area contributed by atoms with E-state index in [0.29, 0.717) is 0 Å². The third-order valence-corrected chi connectivity index (χ3v) is 10.1. The molecule has 354 valence electrons. The van der Waals surface area contributed by atoms with Crippen molar-refractivity contribution in [2.75, 3.05) is 6.54 Å². The first-order valence-corrected chi connectivity index (χ1v) is 21.0. The maximum Gasteiger partial charge on any atom is 0.613 e. The Kier molecular flexibility index (Phi) is 20.4. The van der Waals surface area contributed by atoms with Gasteiger partial charge in [-0.25, -0.2) is 4.79 Å². The zero-order chi connectivity index (χ0) is 48.6. The number of nitrogens with two attached hydrogens (primary N) is 3. The first-order chi connectivity index (χ1) is 29.7. The first kappa shape index (κ1) is 53.6. The summed E-state index contributed by atoms with van der Waals surface area (Å²) in [5, 5.41) is 39.8. The van der Waals surface area contributed by atoms with Gasteiger partial charge in [0.15, 0.2) is 5.75 Å². The van der Waals surface area contributed by atoms with Crippen LogP contribution < -0.4 is 48.3 Å². The van der Waals surface area contributed by atoms with Crippen LogP contribution in [-0.4, -0.2) is 149 Å². The Morgan fingerprint density at radius 1 is 0.703 bits per heavy atom. The molecule has 1 heterocycles. The molecular weight excluding hydrogens is 877 g/mol. The summed E-state index contributed by atoms with van der Waals surface area (Å²) >= 11 is 0. The summed E-state index contributed by atoms with van der Waals surface area (Å²) in [7, 11) is -4.74. The van der Waals surface area contributed by atoms with Gasteiger partial charge < -0.3 is 64.0 Å². The van der Waals surface area contributed by atoms with Crippen molar-refractivity contribution in [3.05, 3.63) is 29.8 Å². The van der Waals surface area contributed by atoms with E-state index < -0.39 is 154 Å². The van der Waals surface area contributed by atoms with Crippen molar-refractivity contribution in [3.63, 3.8) is 0 Å². The van der Waals surface area contributed by atoms with Crippen molar-refractivity contribution in [3.8, 4) is 5.75 Å². The zero-order valence-corrected chi connectivity index (χ0v) is 35.4. The molecule has 1 fully saturated rings. The van der Waals surface area contributed by atoms with Gasteiger partial charge in [0, 0.05) is 13.0 Å². The lowest BCUT2D eigenvalue weighted by molar-refractivity contribution is -0.150. The summed E-state index contributed by atoms with van der Waals surface area (Å²) in [4.78, 5) is 168. The number of carboxylic acids is 3. The smallest absolute Gasteiger partial charge is 0.481 e. The van der Waals surface area contributed by atoms with Crippen LogP contribution in [0.3, 0.4) is 0 Å². The second-order valence-electron chi connectivity index (χ2n) is 14.7. The normalized spacial score (nSPS) is 16.8. The number of aliphatic carboxylic acids is 3. The van der Waals surface area contributed by atoms with Crippen molar-refractivity contribution in [2.24, 2.45) is 23.1 Å². The molecule has 8 amide bonds. The predicted molar refractivity (Wildman–Crippen MR) is 216 cm³/mol. The Morgan fingerprint density at radius 2 is 1.19 bits per heavy atom. The molecule has 1 aliphatic heterocycles. The summed E-state index contributed by atoms with van der Waals surface area (Å²) in [6.07, 6.45) is -3.68. The van der Waals surface area contributed by atoms with Gasteiger partial charge >= 0.3 is 26.1 Å². The Bertz CT molecular complexity index is 1930. The van der Waals surface area contributed by atoms with E-state index in [9.17, 15) is 82.7 Å². The van der Waals surface area contributed by atoms with Gasteiger partial charge in [0.05, 0.1) is 31.7 Å². The standard InChI is InChI=1S/C36H52N9O18P/c1-3-16(2)29(34(56)42-22(15-28(50)51)32(54)43-23(13-26(39)47)35(57)45-10-4-5-24(45)36(58)59)44-33(55)20(11-17-6-8-18(9-7-17)63-64(60,61)62)41-31(53)21(14-27(48)49)40-30(52)19(37)12-25(38)46/h6-9,16,19-24,29,60-62H,3-5,10-15,37H2,1-2H3,(H11-,38,39,40,41,42,43,44,46,47,48,49,50,51,52,53,54,55,56,58,59)/p+1/t16-,19-,20-,21-,22-,23-,24-,29-/m0/s1. The average Bonchev–Trinajstić information content (AvgIpc) is 3.68. The fourth-order valence-electron chi connectivity index (χ4n) is 6.28. The Hall–Kier alpha value is -6.54. The van der Waals surface area contributed by atoms with Crippen LogP contribution in [0.4, 0.5) is 0 Å². The number of amides is 8. The summed E-state index contributed by atoms with van der Waals surface area (Å²) in [6.45, 7) is 3.01. The average molecular weight is 931 g/mol. The number of hydrogen-bond acceptors (Lipinski definition) is 16. The van der Waals surface area contributed by atoms with Crippen LogP contribution in [0.15, 0.2) is 24.3 Å². The maximum absolute atomic E-state index is 14.1. The number of nitrogens with zero attached hydrogens (tertiary/aromatic N) is 1. The van der Waals surface area contributed by atoms with Crippen molar-refractivity contribution in [1.82, 2.24) is 31.5 Å². The first-order valence-electron chi connectivity index (χ1n) is 19.4. The molecule has 0 aromatic heterocycles. The van der Waals surface area contributed by atoms with Gasteiger partial charge in [0.1, 0.15) is 36.3 Å². The molecule has 0 unspecified atom stereocenters. The summed E-state index contributed by atoms with van der Waals surface area (Å²) in [5.41, 5.74) is 16.2. The highest BCUT2D eigenvalue weighted by Gasteiger charge is 2.40. The third-order valence-electron chi connectivity index (χ3n) is 9.64. The number of carbonyl (C=O) groups excluding carboxylic acids is 8. The molecule has 1 aromatic rings. The van der Waals surface area contributed by atoms with Crippen LogP contribution in [0.25, 0.3) is 0 Å². The van der Waals surface area contributed by atoms with Gasteiger partial charge in [0.2, 0.25) is 47.3 Å². The molecule has 1 saturated heterocycles. The van der Waals surface area contributed by atoms with Gasteiger partial charge in [-0.1, -0.05) is 32.4 Å². The van der Waals surface area contributed by atoms with Gasteiger partial charge in [-0.2, -0.15) is 14.7 Å². The van der Waals surface area contributed by atoms with Gasteiger partial charge in [-0.15, -0.1) is 0 Å². The molecule has 17 N–H and O–H groups in total. The van der Waals surface area contributed by atoms with Crippen LogP contribution in [0.5, 0.6) is 5.75 Å². The second kappa shape index (κ2) is 24.3. The van der Waals surface area contributed by atoms with Crippen molar-refractivity contribution in [2.45, 2.75) is 108 Å². The van der Waals surface area contributed by atoms with E-state index in [4.69, 9.17) is 17.2 Å². The molecular formula is C36H53N9O18P+. The fourth-order valence-corrected chi connectivity index (χ4v) is 6.68. The number of rotatable bonds is 26. The van der Waals surface area contributed by atoms with E-state index in [1.54, 1.807) is 6.92 Å². The minimum atomic E-state index is -4.74. The second-order valence-corrected chi connectivity index (χ2v) is 15.9. The highest BCUT2D eigenvalue weighted by atomic mass is 31.2. The summed E-state index contributed by atoms with van der Waals surface area (Å²) in [5.74, 6) is -14.8. The van der Waals surface area contributed by atoms with Crippen molar-refractivity contribution < 1.29 is 87.3 Å². The fraction of sp³-hybridized carbons (Fsp3) is 0.528. The highest BCUT2D eigenvalue weighted by molar-refractivity contribution is 7.53. The lowest BCUT2D eigenvalue weighted by Crippen LogP contribution is -2.61. The molecule has 1 aliphatic rings. The topological polar surface area (TPSA) is 460 Å². The monoisotopic (exact) mass is 930 g/mol. The van der Waals surface area contributed by atoms with Crippen LogP contribution in [0, 0.1) is 5.92 Å². The largest absolute Gasteiger partial charge is 0.613 e. The maximum atomic E-state index is 14.1. The SMILES string of the molecule is CC[C@H](C)[C@H](NC(=O)[C@H](Cc1ccc(O[P+](O)(O)O)cc1)NC(=O)[C@H](CC(=O)O)NC(=O)[C@@H](N)CC(N)=O)C(=O)N[C@@H](CC(=O)O)C(=O)N[C@@H](CC(N)=O)C(=O)N1CCC[C@H]1C(=O)O. The van der Waals surface area contributed by atoms with E-state index in [2.05, 4.69) is 31.1 Å². The van der Waals surface area contributed by atoms with Gasteiger partial charge in [-0.3, -0.25) is 52.5 Å². The Balaban J connectivity index is 2.49. The minimum Gasteiger partial charge on any atom is -0.481 e. The number of carbonyl (C=O) groups is 11. The van der Waals surface area contributed by atoms with Crippen LogP contribution >= 0.6 is 8.17 Å². The number of nitrogens with one attached hydrogen (secondary N) is 5. The zero-order valence-electron chi connectivity index (χ0n) is 34.5. The summed E-state index contributed by atoms with van der Waals surface area (Å²) in [6, 6.07) is -7.16. The number of likely N-dealkylation sites (tertiary alicyclic amines) is 1. The Labute approximate surface area is 364 Å². The molecule has 0 spiro atoms. The number of benzene rings is 1. The number of carboxylic acid groups (broad SMARTS) is 3. The highest BCUT2D eigenvalue weighted by Crippen LogP contribution is 2.45. The van der Waals surface area contributed by atoms with Gasteiger partial charge in [0.25, 0.3) is 0 Å². The molecule has 0 saturated carbocycles. The molecule has 2 rings (SSSR count). The molecule has 0 aliphatic carbocycles. The number of primary amides is 2. The summed E-state index contributed by atoms with van der Waals surface area (Å²) < 4.78 is 4.62. The predicted octanol–water partition coefficient (Wildman–Crippen LogP) is -5.16. The molecule has 64 heavy (non-hydrogen) atoms. The Morgan fingerprint density at radius 3 is 1.66 bits per heavy atom. The van der Waals surface area contributed by atoms with Gasteiger partial charge in [-0.05, 0) is 36.5 Å². The molecule has 8 atom stereocenters. The van der Waals surface area contributed by atoms with E-state index in [1.165, 1.54) is 19.1 Å². The molecule has 0 bridgehead atoms. The van der Waals surface area contributed by atoms with Crippen molar-refractivity contribution >= 4 is 73.3 Å². The lowest BCUT2D eigenvalue weighted by Gasteiger charge is -2.30. The minimum absolute atomic E-state index is 0.0491. The van der Waals surface area contributed by atoms with Crippen molar-refractivity contribution in [1.29, 1.82) is 0 Å². The van der Waals surface area contributed by atoms with Crippen LogP contribution in [0.2, 0.25) is 0 Å². The lowest BCUT2D eigenvalue weighted by atomic mass is 9.96. The van der Waals surface area contributed by atoms with Crippen LogP contribution in [-0.2, 0) is 59.2 Å². The van der Waals surface area contributed by atoms with Crippen LogP contribution in [0.1, 0.15) is 64.4 Å². The molecule has 0 radical (unpaired) electrons. The van der Waals surface area contributed by atoms with E-state index in [-0.39, 0.29) is 37.1 Å². The molecule has 28 heteroatoms. The quantitative estimate of drug-likeness (QED) is 0.0386. The third kappa shape index (κ3) is 17.7.